The minimum atomic E-state index is 0.672. The highest BCUT2D eigenvalue weighted by molar-refractivity contribution is 5.14. The molecule has 0 aliphatic rings. The molecule has 0 saturated carbocycles. The monoisotopic (exact) mass is 202 g/mol. The summed E-state index contributed by atoms with van der Waals surface area (Å²) in [6.07, 6.45) is 4.68. The molecule has 0 aliphatic heterocycles. The van der Waals surface area contributed by atoms with Crippen molar-refractivity contribution in [1.82, 2.24) is 9.55 Å². The van der Waals surface area contributed by atoms with E-state index in [9.17, 15) is 0 Å². The summed E-state index contributed by atoms with van der Waals surface area (Å²) in [6, 6.07) is 11.1. The third-order valence-electron chi connectivity index (χ3n) is 2.34. The second-order valence-electron chi connectivity index (χ2n) is 3.34. The summed E-state index contributed by atoms with van der Waals surface area (Å²) in [7, 11) is 1.64. The molecule has 78 valence electrons. The molecule has 3 heteroatoms. The Balaban J connectivity index is 1.99. The van der Waals surface area contributed by atoms with Gasteiger partial charge in [0.15, 0.2) is 0 Å². The van der Waals surface area contributed by atoms with Gasteiger partial charge in [-0.05, 0) is 12.0 Å². The Morgan fingerprint density at radius 3 is 2.80 bits per heavy atom. The third kappa shape index (κ3) is 2.37. The number of hydrogen-bond donors (Lipinski definition) is 0. The van der Waals surface area contributed by atoms with Crippen LogP contribution in [0.5, 0.6) is 6.01 Å². The Morgan fingerprint density at radius 1 is 1.27 bits per heavy atom. The van der Waals surface area contributed by atoms with Crippen LogP contribution in [0.3, 0.4) is 0 Å². The number of methoxy groups -OCH3 is 1. The fraction of sp³-hybridized carbons (Fsp3) is 0.250. The number of rotatable bonds is 4. The Morgan fingerprint density at radius 2 is 2.07 bits per heavy atom. The zero-order valence-corrected chi connectivity index (χ0v) is 8.76. The van der Waals surface area contributed by atoms with Gasteiger partial charge in [-0.25, -0.2) is 4.98 Å². The second kappa shape index (κ2) is 4.64. The van der Waals surface area contributed by atoms with E-state index in [1.165, 1.54) is 5.56 Å². The van der Waals surface area contributed by atoms with E-state index in [0.717, 1.165) is 13.0 Å². The molecule has 0 aliphatic carbocycles. The highest BCUT2D eigenvalue weighted by Crippen LogP contribution is 2.08. The zero-order chi connectivity index (χ0) is 10.5. The molecule has 1 aromatic carbocycles. The van der Waals surface area contributed by atoms with Gasteiger partial charge in [-0.3, -0.25) is 0 Å². The van der Waals surface area contributed by atoms with Crippen LogP contribution in [0.25, 0.3) is 0 Å². The van der Waals surface area contributed by atoms with Gasteiger partial charge in [-0.1, -0.05) is 30.3 Å². The Bertz CT molecular complexity index is 409. The molecule has 0 bridgehead atoms. The first-order valence-corrected chi connectivity index (χ1v) is 4.99. The van der Waals surface area contributed by atoms with Gasteiger partial charge in [-0.15, -0.1) is 0 Å². The number of benzene rings is 1. The van der Waals surface area contributed by atoms with Crippen molar-refractivity contribution in [2.24, 2.45) is 0 Å². The molecule has 3 nitrogen and oxygen atoms in total. The molecule has 0 spiro atoms. The van der Waals surface area contributed by atoms with Crippen LogP contribution >= 0.6 is 0 Å². The molecule has 0 fully saturated rings. The van der Waals surface area contributed by atoms with Crippen LogP contribution in [0, 0.1) is 0 Å². The van der Waals surface area contributed by atoms with Crippen molar-refractivity contribution in [3.63, 3.8) is 0 Å². The van der Waals surface area contributed by atoms with Gasteiger partial charge in [0, 0.05) is 18.9 Å². The lowest BCUT2D eigenvalue weighted by Gasteiger charge is -2.05. The number of imidazole rings is 1. The average molecular weight is 202 g/mol. The van der Waals surface area contributed by atoms with Crippen LogP contribution in [0.4, 0.5) is 0 Å². The number of nitrogens with zero attached hydrogens (tertiary/aromatic N) is 2. The first-order chi connectivity index (χ1) is 7.40. The van der Waals surface area contributed by atoms with Crippen LogP contribution in [0.2, 0.25) is 0 Å². The van der Waals surface area contributed by atoms with Gasteiger partial charge in [0.2, 0.25) is 0 Å². The number of aryl methyl sites for hydroxylation is 2. The van der Waals surface area contributed by atoms with Crippen molar-refractivity contribution < 1.29 is 4.74 Å². The summed E-state index contributed by atoms with van der Waals surface area (Å²) in [5, 5.41) is 0. The third-order valence-corrected chi connectivity index (χ3v) is 2.34. The molecule has 1 heterocycles. The molecular formula is C12H14N2O. The normalized spacial score (nSPS) is 10.2. The summed E-state index contributed by atoms with van der Waals surface area (Å²) in [5.41, 5.74) is 1.33. The number of ether oxygens (including phenoxy) is 1. The summed E-state index contributed by atoms with van der Waals surface area (Å²) in [5.74, 6) is 0. The van der Waals surface area contributed by atoms with E-state index >= 15 is 0 Å². The second-order valence-corrected chi connectivity index (χ2v) is 3.34. The van der Waals surface area contributed by atoms with Crippen molar-refractivity contribution >= 4 is 0 Å². The molecule has 15 heavy (non-hydrogen) atoms. The summed E-state index contributed by atoms with van der Waals surface area (Å²) >= 11 is 0. The minimum absolute atomic E-state index is 0.672. The predicted molar refractivity (Wildman–Crippen MR) is 58.9 cm³/mol. The molecule has 2 rings (SSSR count). The molecule has 0 saturated heterocycles. The molecule has 0 radical (unpaired) electrons. The average Bonchev–Trinajstić information content (AvgIpc) is 2.75. The van der Waals surface area contributed by atoms with Gasteiger partial charge in [0.1, 0.15) is 0 Å². The molecular weight excluding hydrogens is 188 g/mol. The maximum absolute atomic E-state index is 5.13. The lowest BCUT2D eigenvalue weighted by Crippen LogP contribution is -2.02. The standard InChI is InChI=1S/C12H14N2O/c1-15-12-13-8-10-14(12)9-7-11-5-3-2-4-6-11/h2-6,8,10H,7,9H2,1H3. The molecule has 0 N–H and O–H groups in total. The first kappa shape index (κ1) is 9.77. The SMILES string of the molecule is COc1nccn1CCc1ccccc1. The van der Waals surface area contributed by atoms with E-state index in [2.05, 4.69) is 29.2 Å². The lowest BCUT2D eigenvalue weighted by atomic mass is 10.1. The van der Waals surface area contributed by atoms with Gasteiger partial charge in [0.25, 0.3) is 6.01 Å². The quantitative estimate of drug-likeness (QED) is 0.759. The summed E-state index contributed by atoms with van der Waals surface area (Å²) in [6.45, 7) is 0.896. The van der Waals surface area contributed by atoms with Crippen LogP contribution < -0.4 is 4.74 Å². The van der Waals surface area contributed by atoms with Crippen molar-refractivity contribution in [3.05, 3.63) is 48.3 Å². The number of aromatic nitrogens is 2. The first-order valence-electron chi connectivity index (χ1n) is 4.99. The van der Waals surface area contributed by atoms with E-state index in [1.54, 1.807) is 13.3 Å². The van der Waals surface area contributed by atoms with E-state index in [-0.39, 0.29) is 0 Å². The summed E-state index contributed by atoms with van der Waals surface area (Å²) < 4.78 is 7.13. The van der Waals surface area contributed by atoms with E-state index in [0.29, 0.717) is 6.01 Å². The molecule has 0 unspecified atom stereocenters. The molecule has 1 aromatic heterocycles. The maximum atomic E-state index is 5.13. The van der Waals surface area contributed by atoms with E-state index < -0.39 is 0 Å². The van der Waals surface area contributed by atoms with Gasteiger partial charge in [0.05, 0.1) is 7.11 Å². The highest BCUT2D eigenvalue weighted by Gasteiger charge is 2.01. The maximum Gasteiger partial charge on any atom is 0.295 e. The Hall–Kier alpha value is -1.77. The van der Waals surface area contributed by atoms with Gasteiger partial charge in [-0.2, -0.15) is 0 Å². The number of hydrogen-bond acceptors (Lipinski definition) is 2. The summed E-state index contributed by atoms with van der Waals surface area (Å²) in [4.78, 5) is 4.09. The van der Waals surface area contributed by atoms with Crippen molar-refractivity contribution in [2.75, 3.05) is 7.11 Å². The molecule has 2 aromatic rings. The Labute approximate surface area is 89.3 Å². The molecule has 0 amide bonds. The van der Waals surface area contributed by atoms with Crippen LogP contribution in [0.1, 0.15) is 5.56 Å². The lowest BCUT2D eigenvalue weighted by molar-refractivity contribution is 0.357. The fourth-order valence-electron chi connectivity index (χ4n) is 1.55. The van der Waals surface area contributed by atoms with Gasteiger partial charge < -0.3 is 9.30 Å². The highest BCUT2D eigenvalue weighted by atomic mass is 16.5. The van der Waals surface area contributed by atoms with Crippen LogP contribution in [-0.2, 0) is 13.0 Å². The fourth-order valence-corrected chi connectivity index (χ4v) is 1.55. The largest absolute Gasteiger partial charge is 0.468 e. The van der Waals surface area contributed by atoms with E-state index in [1.807, 2.05) is 16.8 Å². The van der Waals surface area contributed by atoms with E-state index in [4.69, 9.17) is 4.74 Å². The smallest absolute Gasteiger partial charge is 0.295 e. The molecule has 0 atom stereocenters. The van der Waals surface area contributed by atoms with Crippen molar-refractivity contribution in [2.45, 2.75) is 13.0 Å². The van der Waals surface area contributed by atoms with Crippen LogP contribution in [-0.4, -0.2) is 16.7 Å². The van der Waals surface area contributed by atoms with Crippen molar-refractivity contribution in [1.29, 1.82) is 0 Å². The topological polar surface area (TPSA) is 27.1 Å². The predicted octanol–water partition coefficient (Wildman–Crippen LogP) is 2.13. The van der Waals surface area contributed by atoms with Crippen molar-refractivity contribution in [3.8, 4) is 6.01 Å². The van der Waals surface area contributed by atoms with Gasteiger partial charge >= 0.3 is 0 Å². The van der Waals surface area contributed by atoms with Crippen LogP contribution in [0.15, 0.2) is 42.7 Å². The Kier molecular flexibility index (Phi) is 3.02. The minimum Gasteiger partial charge on any atom is -0.468 e. The zero-order valence-electron chi connectivity index (χ0n) is 8.76.